The van der Waals surface area contributed by atoms with Gasteiger partial charge in [0.05, 0.1) is 0 Å². The number of nitrogens with one attached hydrogen (secondary N) is 1. The first-order valence-corrected chi connectivity index (χ1v) is 6.12. The summed E-state index contributed by atoms with van der Waals surface area (Å²) in [6, 6.07) is 1.98. The molecule has 0 aromatic carbocycles. The highest BCUT2D eigenvalue weighted by molar-refractivity contribution is 5.45. The summed E-state index contributed by atoms with van der Waals surface area (Å²) in [5.74, 6) is 1.76. The van der Waals surface area contributed by atoms with E-state index < -0.39 is 0 Å². The summed E-state index contributed by atoms with van der Waals surface area (Å²) in [4.78, 5) is 8.47. The zero-order chi connectivity index (χ0) is 13.4. The van der Waals surface area contributed by atoms with Gasteiger partial charge in [-0.3, -0.25) is 0 Å². The summed E-state index contributed by atoms with van der Waals surface area (Å²) in [6.45, 7) is 5.71. The third-order valence-electron chi connectivity index (χ3n) is 2.38. The normalized spacial score (nSPS) is 12.4. The van der Waals surface area contributed by atoms with Gasteiger partial charge >= 0.3 is 0 Å². The minimum atomic E-state index is 0.263. The van der Waals surface area contributed by atoms with Gasteiger partial charge in [-0.25, -0.2) is 9.97 Å². The Morgan fingerprint density at radius 2 is 2.22 bits per heavy atom. The summed E-state index contributed by atoms with van der Waals surface area (Å²) in [5, 5.41) is 3.27. The second-order valence-corrected chi connectivity index (χ2v) is 4.06. The largest absolute Gasteiger partial charge is 0.385 e. The van der Waals surface area contributed by atoms with Gasteiger partial charge in [-0.15, -0.1) is 0 Å². The molecular weight excluding hydrogens is 232 g/mol. The molecule has 1 unspecified atom stereocenters. The van der Waals surface area contributed by atoms with E-state index in [1.165, 1.54) is 0 Å². The van der Waals surface area contributed by atoms with Gasteiger partial charge in [0.1, 0.15) is 18.2 Å². The Kier molecular flexibility index (Phi) is 6.38. The number of ether oxygens (including phenoxy) is 2. The molecule has 6 heteroatoms. The van der Waals surface area contributed by atoms with Gasteiger partial charge in [-0.1, -0.05) is 0 Å². The second kappa shape index (κ2) is 7.84. The first kappa shape index (κ1) is 14.7. The van der Waals surface area contributed by atoms with Crippen molar-refractivity contribution in [2.45, 2.75) is 32.9 Å². The van der Waals surface area contributed by atoms with Crippen LogP contribution in [0.2, 0.25) is 0 Å². The predicted octanol–water partition coefficient (Wildman–Crippen LogP) is 1.43. The molecule has 0 aliphatic rings. The average Bonchev–Trinajstić information content (AvgIpc) is 2.33. The highest BCUT2D eigenvalue weighted by atomic mass is 16.5. The van der Waals surface area contributed by atoms with E-state index >= 15 is 0 Å². The zero-order valence-electron chi connectivity index (χ0n) is 11.3. The molecule has 102 valence electrons. The Bertz CT molecular complexity index is 360. The van der Waals surface area contributed by atoms with E-state index in [0.717, 1.165) is 12.2 Å². The number of methoxy groups -OCH3 is 1. The predicted molar refractivity (Wildman–Crippen MR) is 71.4 cm³/mol. The molecule has 1 heterocycles. The monoisotopic (exact) mass is 254 g/mol. The van der Waals surface area contributed by atoms with E-state index in [2.05, 4.69) is 22.2 Å². The third-order valence-corrected chi connectivity index (χ3v) is 2.38. The third kappa shape index (κ3) is 5.29. The fourth-order valence-electron chi connectivity index (χ4n) is 1.47. The van der Waals surface area contributed by atoms with Gasteiger partial charge in [0.15, 0.2) is 5.82 Å². The number of nitrogens with two attached hydrogens (primary N) is 1. The van der Waals surface area contributed by atoms with Crippen molar-refractivity contribution in [3.63, 3.8) is 0 Å². The van der Waals surface area contributed by atoms with Crippen LogP contribution in [0.25, 0.3) is 0 Å². The molecule has 0 spiro atoms. The summed E-state index contributed by atoms with van der Waals surface area (Å²) >= 11 is 0. The van der Waals surface area contributed by atoms with Crippen molar-refractivity contribution in [1.82, 2.24) is 9.97 Å². The molecule has 1 atom stereocenters. The van der Waals surface area contributed by atoms with Crippen LogP contribution in [0.3, 0.4) is 0 Å². The average molecular weight is 254 g/mol. The molecule has 0 saturated heterocycles. The van der Waals surface area contributed by atoms with Crippen LogP contribution in [0.5, 0.6) is 0 Å². The maximum absolute atomic E-state index is 5.74. The van der Waals surface area contributed by atoms with Crippen molar-refractivity contribution in [2.24, 2.45) is 0 Å². The molecule has 18 heavy (non-hydrogen) atoms. The molecular formula is C12H22N4O2. The van der Waals surface area contributed by atoms with Gasteiger partial charge in [0.2, 0.25) is 0 Å². The summed E-state index contributed by atoms with van der Waals surface area (Å²) < 4.78 is 10.3. The van der Waals surface area contributed by atoms with Crippen LogP contribution in [0.15, 0.2) is 6.07 Å². The lowest BCUT2D eigenvalue weighted by Gasteiger charge is -2.14. The van der Waals surface area contributed by atoms with Crippen molar-refractivity contribution in [3.05, 3.63) is 11.9 Å². The van der Waals surface area contributed by atoms with Crippen LogP contribution in [0, 0.1) is 0 Å². The first-order valence-electron chi connectivity index (χ1n) is 6.12. The molecule has 0 radical (unpaired) electrons. The maximum atomic E-state index is 5.74. The van der Waals surface area contributed by atoms with Gasteiger partial charge in [0, 0.05) is 32.4 Å². The highest BCUT2D eigenvalue weighted by Crippen LogP contribution is 2.11. The molecule has 0 fully saturated rings. The summed E-state index contributed by atoms with van der Waals surface area (Å²) in [7, 11) is 1.69. The number of nitrogens with zero attached hydrogens (tertiary/aromatic N) is 2. The number of aromatic nitrogens is 2. The Morgan fingerprint density at radius 3 is 2.89 bits per heavy atom. The lowest BCUT2D eigenvalue weighted by molar-refractivity contribution is 0.128. The van der Waals surface area contributed by atoms with Crippen molar-refractivity contribution >= 4 is 11.6 Å². The quantitative estimate of drug-likeness (QED) is 0.730. The molecule has 3 N–H and O–H groups in total. The fourth-order valence-corrected chi connectivity index (χ4v) is 1.47. The first-order chi connectivity index (χ1) is 8.65. The minimum Gasteiger partial charge on any atom is -0.385 e. The van der Waals surface area contributed by atoms with Gasteiger partial charge in [-0.2, -0.15) is 0 Å². The van der Waals surface area contributed by atoms with Gasteiger partial charge in [0.25, 0.3) is 0 Å². The number of nitrogen functional groups attached to an aromatic ring is 1. The lowest BCUT2D eigenvalue weighted by atomic mass is 10.2. The van der Waals surface area contributed by atoms with Crippen LogP contribution in [-0.2, 0) is 16.1 Å². The number of rotatable bonds is 8. The van der Waals surface area contributed by atoms with E-state index in [9.17, 15) is 0 Å². The summed E-state index contributed by atoms with van der Waals surface area (Å²) in [5.41, 5.74) is 5.74. The van der Waals surface area contributed by atoms with E-state index in [-0.39, 0.29) is 6.04 Å². The molecule has 6 nitrogen and oxygen atoms in total. The van der Waals surface area contributed by atoms with Crippen LogP contribution in [0.1, 0.15) is 26.1 Å². The van der Waals surface area contributed by atoms with Gasteiger partial charge < -0.3 is 20.5 Å². The fraction of sp³-hybridized carbons (Fsp3) is 0.667. The van der Waals surface area contributed by atoms with Crippen molar-refractivity contribution < 1.29 is 9.47 Å². The molecule has 0 aliphatic carbocycles. The smallest absolute Gasteiger partial charge is 0.158 e. The SMILES string of the molecule is CCOCc1nc(N)cc(NC(C)CCOC)n1. The molecule has 0 bridgehead atoms. The Balaban J connectivity index is 2.61. The lowest BCUT2D eigenvalue weighted by Crippen LogP contribution is -2.19. The molecule has 0 aliphatic heterocycles. The molecule has 0 saturated carbocycles. The number of anilines is 2. The van der Waals surface area contributed by atoms with Crippen molar-refractivity contribution in [1.29, 1.82) is 0 Å². The minimum absolute atomic E-state index is 0.263. The van der Waals surface area contributed by atoms with E-state index in [1.807, 2.05) is 6.92 Å². The van der Waals surface area contributed by atoms with E-state index in [0.29, 0.717) is 31.5 Å². The zero-order valence-corrected chi connectivity index (χ0v) is 11.3. The Morgan fingerprint density at radius 1 is 1.44 bits per heavy atom. The van der Waals surface area contributed by atoms with Crippen LogP contribution < -0.4 is 11.1 Å². The molecule has 0 amide bonds. The number of hydrogen-bond donors (Lipinski definition) is 2. The van der Waals surface area contributed by atoms with Crippen molar-refractivity contribution in [2.75, 3.05) is 31.4 Å². The molecule has 1 aromatic heterocycles. The number of hydrogen-bond acceptors (Lipinski definition) is 6. The molecule has 1 aromatic rings. The Labute approximate surface area is 108 Å². The van der Waals surface area contributed by atoms with Crippen LogP contribution in [-0.4, -0.2) is 36.3 Å². The van der Waals surface area contributed by atoms with E-state index in [1.54, 1.807) is 13.2 Å². The molecule has 1 rings (SSSR count). The van der Waals surface area contributed by atoms with Gasteiger partial charge in [-0.05, 0) is 20.3 Å². The standard InChI is InChI=1S/C12H22N4O2/c1-4-18-8-12-15-10(13)7-11(16-12)14-9(2)5-6-17-3/h7,9H,4-6,8H2,1-3H3,(H3,13,14,15,16). The highest BCUT2D eigenvalue weighted by Gasteiger charge is 2.06. The maximum Gasteiger partial charge on any atom is 0.158 e. The second-order valence-electron chi connectivity index (χ2n) is 4.06. The van der Waals surface area contributed by atoms with Crippen LogP contribution >= 0.6 is 0 Å². The Hall–Kier alpha value is -1.40. The topological polar surface area (TPSA) is 82.3 Å². The van der Waals surface area contributed by atoms with Crippen LogP contribution in [0.4, 0.5) is 11.6 Å². The summed E-state index contributed by atoms with van der Waals surface area (Å²) in [6.07, 6.45) is 0.904. The van der Waals surface area contributed by atoms with E-state index in [4.69, 9.17) is 15.2 Å². The van der Waals surface area contributed by atoms with Crippen molar-refractivity contribution in [3.8, 4) is 0 Å².